The molecule has 1 amide bonds. The molecule has 1 saturated carbocycles. The Labute approximate surface area is 142 Å². The highest BCUT2D eigenvalue weighted by atomic mass is 16.3. The van der Waals surface area contributed by atoms with E-state index in [9.17, 15) is 4.79 Å². The Morgan fingerprint density at radius 1 is 1.29 bits per heavy atom. The van der Waals surface area contributed by atoms with Gasteiger partial charge in [-0.1, -0.05) is 26.2 Å². The number of carbonyl (C=O) groups is 1. The van der Waals surface area contributed by atoms with Crippen LogP contribution in [0.5, 0.6) is 0 Å². The van der Waals surface area contributed by atoms with Gasteiger partial charge in [-0.15, -0.1) is 0 Å². The predicted octanol–water partition coefficient (Wildman–Crippen LogP) is 4.33. The lowest BCUT2D eigenvalue weighted by Crippen LogP contribution is -2.26. The van der Waals surface area contributed by atoms with Crippen molar-refractivity contribution in [2.75, 3.05) is 5.32 Å². The van der Waals surface area contributed by atoms with E-state index in [0.29, 0.717) is 12.5 Å². The summed E-state index contributed by atoms with van der Waals surface area (Å²) >= 11 is 0. The maximum absolute atomic E-state index is 12.3. The van der Waals surface area contributed by atoms with E-state index < -0.39 is 0 Å². The van der Waals surface area contributed by atoms with Crippen molar-refractivity contribution in [1.82, 2.24) is 9.78 Å². The molecule has 5 nitrogen and oxygen atoms in total. The highest BCUT2D eigenvalue weighted by molar-refractivity contribution is 5.94. The van der Waals surface area contributed by atoms with Crippen molar-refractivity contribution in [2.24, 2.45) is 0 Å². The van der Waals surface area contributed by atoms with E-state index in [1.807, 2.05) is 19.1 Å². The van der Waals surface area contributed by atoms with Crippen molar-refractivity contribution in [3.8, 4) is 0 Å². The first-order chi connectivity index (χ1) is 11.7. The van der Waals surface area contributed by atoms with Crippen LogP contribution >= 0.6 is 0 Å². The second kappa shape index (κ2) is 6.11. The van der Waals surface area contributed by atoms with Crippen LogP contribution in [0.3, 0.4) is 0 Å². The molecule has 1 fully saturated rings. The van der Waals surface area contributed by atoms with Gasteiger partial charge < -0.3 is 9.73 Å². The Hall–Kier alpha value is -2.04. The Morgan fingerprint density at radius 2 is 2.08 bits per heavy atom. The lowest BCUT2D eigenvalue weighted by molar-refractivity contribution is -0.116. The summed E-state index contributed by atoms with van der Waals surface area (Å²) in [6, 6.07) is 4.44. The number of carbonyl (C=O) groups excluding carboxylic acids is 1. The fourth-order valence-electron chi connectivity index (χ4n) is 4.18. The number of amides is 1. The first kappa shape index (κ1) is 15.5. The molecule has 4 rings (SSSR count). The second-order valence-electron chi connectivity index (χ2n) is 7.05. The Balaban J connectivity index is 1.76. The van der Waals surface area contributed by atoms with E-state index in [1.165, 1.54) is 19.3 Å². The number of furan rings is 1. The molecule has 1 aliphatic heterocycles. The Kier molecular flexibility index (Phi) is 3.94. The summed E-state index contributed by atoms with van der Waals surface area (Å²) in [5.74, 6) is 2.78. The van der Waals surface area contributed by atoms with Gasteiger partial charge >= 0.3 is 0 Å². The predicted molar refractivity (Wildman–Crippen MR) is 92.3 cm³/mol. The van der Waals surface area contributed by atoms with E-state index in [1.54, 1.807) is 0 Å². The standard InChI is InChI=1S/C19H25N3O2/c1-3-14-9-10-16(24-14)15-11-17(23)20-19-18(15)12(2)21-22(19)13-7-5-4-6-8-13/h9-10,13,15H,3-8,11H2,1-2H3,(H,20,23)/t15-/m0/s1. The van der Waals surface area contributed by atoms with Crippen LogP contribution in [-0.4, -0.2) is 15.7 Å². The van der Waals surface area contributed by atoms with Crippen LogP contribution in [0.4, 0.5) is 5.82 Å². The van der Waals surface area contributed by atoms with Crippen molar-refractivity contribution in [1.29, 1.82) is 0 Å². The summed E-state index contributed by atoms with van der Waals surface area (Å²) in [5, 5.41) is 7.90. The van der Waals surface area contributed by atoms with Crippen LogP contribution in [0.2, 0.25) is 0 Å². The average Bonchev–Trinajstić information content (AvgIpc) is 3.20. The quantitative estimate of drug-likeness (QED) is 0.913. The van der Waals surface area contributed by atoms with Crippen LogP contribution < -0.4 is 5.32 Å². The Morgan fingerprint density at radius 3 is 2.79 bits per heavy atom. The molecule has 1 aliphatic carbocycles. The third kappa shape index (κ3) is 2.56. The van der Waals surface area contributed by atoms with Gasteiger partial charge in [-0.25, -0.2) is 4.68 Å². The Bertz CT molecular complexity index is 753. The van der Waals surface area contributed by atoms with Gasteiger partial charge in [0.15, 0.2) is 0 Å². The van der Waals surface area contributed by atoms with Gasteiger partial charge in [0.2, 0.25) is 5.91 Å². The molecule has 0 bridgehead atoms. The van der Waals surface area contributed by atoms with Crippen molar-refractivity contribution in [3.05, 3.63) is 34.9 Å². The molecule has 128 valence electrons. The molecule has 2 aliphatic rings. The molecule has 0 unspecified atom stereocenters. The number of hydrogen-bond donors (Lipinski definition) is 1. The lowest BCUT2D eigenvalue weighted by atomic mass is 9.89. The first-order valence-electron chi connectivity index (χ1n) is 9.14. The van der Waals surface area contributed by atoms with E-state index in [4.69, 9.17) is 9.52 Å². The van der Waals surface area contributed by atoms with Crippen molar-refractivity contribution < 1.29 is 9.21 Å². The number of aromatic nitrogens is 2. The maximum atomic E-state index is 12.3. The van der Waals surface area contributed by atoms with Gasteiger partial charge in [-0.05, 0) is 31.9 Å². The number of rotatable bonds is 3. The van der Waals surface area contributed by atoms with Gasteiger partial charge in [0, 0.05) is 18.4 Å². The van der Waals surface area contributed by atoms with Crippen LogP contribution in [0.15, 0.2) is 16.5 Å². The van der Waals surface area contributed by atoms with Crippen molar-refractivity contribution >= 4 is 11.7 Å². The maximum Gasteiger partial charge on any atom is 0.226 e. The molecule has 1 N–H and O–H groups in total. The number of anilines is 1. The third-order valence-corrected chi connectivity index (χ3v) is 5.42. The number of nitrogens with zero attached hydrogens (tertiary/aromatic N) is 2. The zero-order valence-electron chi connectivity index (χ0n) is 14.5. The summed E-state index contributed by atoms with van der Waals surface area (Å²) in [4.78, 5) is 12.3. The number of hydrogen-bond acceptors (Lipinski definition) is 3. The summed E-state index contributed by atoms with van der Waals surface area (Å²) in [7, 11) is 0. The minimum absolute atomic E-state index is 0.0219. The van der Waals surface area contributed by atoms with E-state index in [-0.39, 0.29) is 11.8 Å². The fraction of sp³-hybridized carbons (Fsp3) is 0.579. The second-order valence-corrected chi connectivity index (χ2v) is 7.05. The molecule has 0 saturated heterocycles. The number of aryl methyl sites for hydroxylation is 2. The highest BCUT2D eigenvalue weighted by Gasteiger charge is 2.35. The van der Waals surface area contributed by atoms with Gasteiger partial charge in [0.05, 0.1) is 17.7 Å². The zero-order chi connectivity index (χ0) is 16.7. The molecular formula is C19H25N3O2. The van der Waals surface area contributed by atoms with Crippen molar-refractivity contribution in [2.45, 2.75) is 70.8 Å². The summed E-state index contributed by atoms with van der Waals surface area (Å²) in [5.41, 5.74) is 2.15. The molecule has 1 atom stereocenters. The van der Waals surface area contributed by atoms with Crippen LogP contribution in [0, 0.1) is 6.92 Å². The van der Waals surface area contributed by atoms with Gasteiger partial charge in [0.1, 0.15) is 17.3 Å². The summed E-state index contributed by atoms with van der Waals surface area (Å²) in [6.07, 6.45) is 7.39. The first-order valence-corrected chi connectivity index (χ1v) is 9.14. The molecule has 0 aromatic carbocycles. The topological polar surface area (TPSA) is 60.1 Å². The molecule has 0 spiro atoms. The molecular weight excluding hydrogens is 302 g/mol. The monoisotopic (exact) mass is 327 g/mol. The van der Waals surface area contributed by atoms with E-state index in [2.05, 4.69) is 16.9 Å². The fourth-order valence-corrected chi connectivity index (χ4v) is 4.18. The van der Waals surface area contributed by atoms with Gasteiger partial charge in [0.25, 0.3) is 0 Å². The van der Waals surface area contributed by atoms with Crippen LogP contribution in [0.25, 0.3) is 0 Å². The molecule has 0 radical (unpaired) electrons. The van der Waals surface area contributed by atoms with E-state index in [0.717, 1.165) is 47.9 Å². The largest absolute Gasteiger partial charge is 0.465 e. The number of nitrogens with one attached hydrogen (secondary N) is 1. The summed E-state index contributed by atoms with van der Waals surface area (Å²) in [6.45, 7) is 4.13. The average molecular weight is 327 g/mol. The van der Waals surface area contributed by atoms with Crippen molar-refractivity contribution in [3.63, 3.8) is 0 Å². The molecule has 2 aromatic rings. The smallest absolute Gasteiger partial charge is 0.226 e. The molecule has 3 heterocycles. The highest BCUT2D eigenvalue weighted by Crippen LogP contribution is 2.42. The van der Waals surface area contributed by atoms with Crippen LogP contribution in [-0.2, 0) is 11.2 Å². The molecule has 5 heteroatoms. The molecule has 24 heavy (non-hydrogen) atoms. The minimum atomic E-state index is -0.0219. The molecule has 2 aromatic heterocycles. The number of fused-ring (bicyclic) bond motifs is 1. The lowest BCUT2D eigenvalue weighted by Gasteiger charge is -2.27. The van der Waals surface area contributed by atoms with Gasteiger partial charge in [-0.3, -0.25) is 4.79 Å². The third-order valence-electron chi connectivity index (χ3n) is 5.42. The zero-order valence-corrected chi connectivity index (χ0v) is 14.5. The van der Waals surface area contributed by atoms with Gasteiger partial charge in [-0.2, -0.15) is 5.10 Å². The SMILES string of the molecule is CCc1ccc([C@@H]2CC(=O)Nc3c2c(C)nn3C2CCCCC2)o1. The van der Waals surface area contributed by atoms with E-state index >= 15 is 0 Å². The normalized spacial score (nSPS) is 21.6. The summed E-state index contributed by atoms with van der Waals surface area (Å²) < 4.78 is 8.05. The van der Waals surface area contributed by atoms with Crippen LogP contribution in [0.1, 0.15) is 80.2 Å². The minimum Gasteiger partial charge on any atom is -0.465 e.